The third kappa shape index (κ3) is 5.11. The number of piperidine rings is 1. The molecular formula is C27H40N4O2. The van der Waals surface area contributed by atoms with E-state index in [-0.39, 0.29) is 46.8 Å². The van der Waals surface area contributed by atoms with Crippen LogP contribution in [0.2, 0.25) is 0 Å². The molecule has 1 atom stereocenters. The zero-order chi connectivity index (χ0) is 24.2. The number of benzene rings is 1. The molecule has 33 heavy (non-hydrogen) atoms. The van der Waals surface area contributed by atoms with Crippen LogP contribution in [-0.2, 0) is 9.59 Å². The number of fused-ring (bicyclic) bond motifs is 1. The van der Waals surface area contributed by atoms with Crippen LogP contribution in [0.15, 0.2) is 35.5 Å². The van der Waals surface area contributed by atoms with Gasteiger partial charge in [0.2, 0.25) is 5.91 Å². The maximum Gasteiger partial charge on any atom is 0.239 e. The number of para-hydroxylation sites is 2. The highest BCUT2D eigenvalue weighted by molar-refractivity contribution is 6.01. The SMILES string of the molecule is CC1C2=C(CC(C)(C)CC2=O)Nc2ccccc2N1CC(=O)NC1CC(C)(C)NC(C)(C)C1. The summed E-state index contributed by atoms with van der Waals surface area (Å²) in [4.78, 5) is 28.6. The van der Waals surface area contributed by atoms with E-state index in [0.29, 0.717) is 6.42 Å². The lowest BCUT2D eigenvalue weighted by Gasteiger charge is -2.46. The summed E-state index contributed by atoms with van der Waals surface area (Å²) >= 11 is 0. The third-order valence-corrected chi connectivity index (χ3v) is 7.17. The standard InChI is InChI=1S/C27H40N4O2/c1-17-24-20(14-25(2,3)15-22(24)32)29-19-10-8-9-11-21(19)31(17)16-23(33)28-18-12-26(4,5)30-27(6,7)13-18/h8-11,17-18,29-30H,12-16H2,1-7H3,(H,28,33). The summed E-state index contributed by atoms with van der Waals surface area (Å²) < 4.78 is 0. The fourth-order valence-electron chi connectivity index (χ4n) is 6.36. The molecule has 0 radical (unpaired) electrons. The molecule has 1 aromatic carbocycles. The first-order valence-corrected chi connectivity index (χ1v) is 12.2. The second-order valence-electron chi connectivity index (χ2n) is 12.3. The van der Waals surface area contributed by atoms with Crippen molar-refractivity contribution in [2.24, 2.45) is 5.41 Å². The average molecular weight is 453 g/mol. The molecule has 1 saturated heterocycles. The number of allylic oxidation sites excluding steroid dienone is 1. The van der Waals surface area contributed by atoms with E-state index in [1.807, 2.05) is 24.3 Å². The van der Waals surface area contributed by atoms with Gasteiger partial charge in [0.25, 0.3) is 0 Å². The summed E-state index contributed by atoms with van der Waals surface area (Å²) in [5.41, 5.74) is 3.60. The van der Waals surface area contributed by atoms with Crippen LogP contribution in [0, 0.1) is 5.41 Å². The lowest BCUT2D eigenvalue weighted by Crippen LogP contribution is -2.62. The number of amides is 1. The van der Waals surface area contributed by atoms with Gasteiger partial charge >= 0.3 is 0 Å². The Morgan fingerprint density at radius 2 is 1.70 bits per heavy atom. The molecule has 0 saturated carbocycles. The van der Waals surface area contributed by atoms with Gasteiger partial charge in [0.05, 0.1) is 24.0 Å². The van der Waals surface area contributed by atoms with Gasteiger partial charge in [-0.15, -0.1) is 0 Å². The van der Waals surface area contributed by atoms with E-state index in [4.69, 9.17) is 0 Å². The first kappa shape index (κ1) is 23.8. The molecule has 0 bridgehead atoms. The number of rotatable bonds is 3. The van der Waals surface area contributed by atoms with Crippen LogP contribution in [0.4, 0.5) is 11.4 Å². The van der Waals surface area contributed by atoms with Crippen LogP contribution < -0.4 is 20.9 Å². The zero-order valence-corrected chi connectivity index (χ0v) is 21.3. The molecule has 180 valence electrons. The zero-order valence-electron chi connectivity index (χ0n) is 21.3. The number of ketones is 1. The minimum Gasteiger partial charge on any atom is -0.357 e. The van der Waals surface area contributed by atoms with Crippen molar-refractivity contribution in [2.45, 2.75) is 97.3 Å². The summed E-state index contributed by atoms with van der Waals surface area (Å²) in [7, 11) is 0. The highest BCUT2D eigenvalue weighted by atomic mass is 16.2. The molecule has 2 heterocycles. The number of carbonyl (C=O) groups is 2. The number of hydrogen-bond acceptors (Lipinski definition) is 5. The third-order valence-electron chi connectivity index (χ3n) is 7.17. The van der Waals surface area contributed by atoms with E-state index < -0.39 is 0 Å². The van der Waals surface area contributed by atoms with E-state index in [1.54, 1.807) is 0 Å². The number of hydrogen-bond donors (Lipinski definition) is 3. The maximum atomic E-state index is 13.3. The van der Waals surface area contributed by atoms with Crippen molar-refractivity contribution in [3.63, 3.8) is 0 Å². The molecule has 1 aliphatic carbocycles. The predicted molar refractivity (Wildman–Crippen MR) is 134 cm³/mol. The van der Waals surface area contributed by atoms with Crippen LogP contribution in [0.5, 0.6) is 0 Å². The molecule has 6 nitrogen and oxygen atoms in total. The fraction of sp³-hybridized carbons (Fsp3) is 0.630. The van der Waals surface area contributed by atoms with Crippen molar-refractivity contribution in [1.29, 1.82) is 0 Å². The monoisotopic (exact) mass is 452 g/mol. The highest BCUT2D eigenvalue weighted by Crippen LogP contribution is 2.43. The molecule has 0 spiro atoms. The molecule has 3 N–H and O–H groups in total. The molecule has 0 aromatic heterocycles. The Hall–Kier alpha value is -2.34. The van der Waals surface area contributed by atoms with Gasteiger partial charge in [0, 0.05) is 34.8 Å². The van der Waals surface area contributed by atoms with Gasteiger partial charge in [-0.05, 0) is 71.4 Å². The Balaban J connectivity index is 1.60. The van der Waals surface area contributed by atoms with Crippen LogP contribution >= 0.6 is 0 Å². The molecule has 1 unspecified atom stereocenters. The number of Topliss-reactive ketones (excluding diaryl/α,β-unsaturated/α-hetero) is 1. The van der Waals surface area contributed by atoms with Gasteiger partial charge in [-0.1, -0.05) is 26.0 Å². The van der Waals surface area contributed by atoms with Crippen molar-refractivity contribution in [1.82, 2.24) is 10.6 Å². The molecule has 1 aromatic rings. The second kappa shape index (κ2) is 8.15. The van der Waals surface area contributed by atoms with E-state index in [9.17, 15) is 9.59 Å². The average Bonchev–Trinajstić information content (AvgIpc) is 2.73. The molecule has 3 aliphatic rings. The summed E-state index contributed by atoms with van der Waals surface area (Å²) in [6.45, 7) is 15.3. The van der Waals surface area contributed by atoms with Crippen molar-refractivity contribution < 1.29 is 9.59 Å². The first-order valence-electron chi connectivity index (χ1n) is 12.2. The molecule has 1 fully saturated rings. The number of carbonyl (C=O) groups excluding carboxylic acids is 2. The molecular weight excluding hydrogens is 412 g/mol. The van der Waals surface area contributed by atoms with Crippen molar-refractivity contribution >= 4 is 23.1 Å². The number of nitrogens with one attached hydrogen (secondary N) is 3. The van der Waals surface area contributed by atoms with Crippen molar-refractivity contribution in [3.05, 3.63) is 35.5 Å². The first-order chi connectivity index (χ1) is 15.3. The smallest absolute Gasteiger partial charge is 0.239 e. The fourth-order valence-corrected chi connectivity index (χ4v) is 6.36. The minimum atomic E-state index is -0.175. The highest BCUT2D eigenvalue weighted by Gasteiger charge is 2.41. The van der Waals surface area contributed by atoms with Gasteiger partial charge in [-0.3, -0.25) is 9.59 Å². The lowest BCUT2D eigenvalue weighted by atomic mass is 9.74. The summed E-state index contributed by atoms with van der Waals surface area (Å²) in [6, 6.07) is 8.00. The Morgan fingerprint density at radius 1 is 1.06 bits per heavy atom. The van der Waals surface area contributed by atoms with E-state index >= 15 is 0 Å². The van der Waals surface area contributed by atoms with Gasteiger partial charge in [-0.25, -0.2) is 0 Å². The van der Waals surface area contributed by atoms with E-state index in [1.165, 1.54) is 0 Å². The molecule has 1 amide bonds. The van der Waals surface area contributed by atoms with Gasteiger partial charge in [-0.2, -0.15) is 0 Å². The van der Waals surface area contributed by atoms with E-state index in [0.717, 1.165) is 41.9 Å². The lowest BCUT2D eigenvalue weighted by molar-refractivity contribution is -0.121. The quantitative estimate of drug-likeness (QED) is 0.635. The van der Waals surface area contributed by atoms with Crippen LogP contribution in [0.1, 0.15) is 74.1 Å². The molecule has 4 rings (SSSR count). The van der Waals surface area contributed by atoms with Gasteiger partial charge in [0.15, 0.2) is 5.78 Å². The van der Waals surface area contributed by atoms with Gasteiger partial charge in [0.1, 0.15) is 0 Å². The topological polar surface area (TPSA) is 73.5 Å². The summed E-state index contributed by atoms with van der Waals surface area (Å²) in [5.74, 6) is 0.184. The summed E-state index contributed by atoms with van der Waals surface area (Å²) in [6.07, 6.45) is 3.14. The normalized spacial score (nSPS) is 26.1. The largest absolute Gasteiger partial charge is 0.357 e. The number of anilines is 2. The van der Waals surface area contributed by atoms with Crippen LogP contribution in [0.3, 0.4) is 0 Å². The van der Waals surface area contributed by atoms with Crippen molar-refractivity contribution in [3.8, 4) is 0 Å². The van der Waals surface area contributed by atoms with Crippen LogP contribution in [0.25, 0.3) is 0 Å². The summed E-state index contributed by atoms with van der Waals surface area (Å²) in [5, 5.41) is 10.5. The predicted octanol–water partition coefficient (Wildman–Crippen LogP) is 4.38. The van der Waals surface area contributed by atoms with E-state index in [2.05, 4.69) is 69.3 Å². The number of nitrogens with zero attached hydrogens (tertiary/aromatic N) is 1. The minimum absolute atomic E-state index is 0.00258. The molecule has 6 heteroatoms. The Kier molecular flexibility index (Phi) is 5.88. The Morgan fingerprint density at radius 3 is 2.36 bits per heavy atom. The maximum absolute atomic E-state index is 13.3. The van der Waals surface area contributed by atoms with Gasteiger partial charge < -0.3 is 20.9 Å². The Labute approximate surface area is 198 Å². The Bertz CT molecular complexity index is 976. The van der Waals surface area contributed by atoms with Crippen LogP contribution in [-0.4, -0.2) is 41.4 Å². The van der Waals surface area contributed by atoms with Crippen molar-refractivity contribution in [2.75, 3.05) is 16.8 Å². The molecule has 2 aliphatic heterocycles. The second-order valence-corrected chi connectivity index (χ2v) is 12.3.